The Balaban J connectivity index is 1.68. The fourth-order valence-corrected chi connectivity index (χ4v) is 3.31. The second kappa shape index (κ2) is 8.41. The lowest BCUT2D eigenvalue weighted by molar-refractivity contribution is 0.0988. The number of rotatable bonds is 5. The van der Waals surface area contributed by atoms with Gasteiger partial charge in [-0.3, -0.25) is 9.20 Å². The molecule has 4 rings (SSSR count). The molecule has 7 nitrogen and oxygen atoms in total. The summed E-state index contributed by atoms with van der Waals surface area (Å²) in [6.07, 6.45) is 7.68. The van der Waals surface area contributed by atoms with Crippen LogP contribution in [0.3, 0.4) is 0 Å². The predicted octanol–water partition coefficient (Wildman–Crippen LogP) is 4.28. The number of hydrogen-bond donors (Lipinski definition) is 2. The number of amides is 1. The van der Waals surface area contributed by atoms with Crippen LogP contribution >= 0.6 is 11.6 Å². The summed E-state index contributed by atoms with van der Waals surface area (Å²) in [4.78, 5) is 23.2. The molecule has 31 heavy (non-hydrogen) atoms. The highest BCUT2D eigenvalue weighted by Gasteiger charge is 2.17. The fraction of sp³-hybridized carbons (Fsp3) is 0.0435. The molecular weight excluding hydrogens is 412 g/mol. The molecule has 0 spiro atoms. The average Bonchev–Trinajstić information content (AvgIpc) is 3.22. The van der Waals surface area contributed by atoms with Crippen molar-refractivity contribution in [3.05, 3.63) is 89.5 Å². The van der Waals surface area contributed by atoms with E-state index in [2.05, 4.69) is 9.97 Å². The Labute approximate surface area is 183 Å². The van der Waals surface area contributed by atoms with Gasteiger partial charge in [0, 0.05) is 41.4 Å². The van der Waals surface area contributed by atoms with Crippen molar-refractivity contribution in [2.24, 2.45) is 5.73 Å². The molecule has 2 heterocycles. The van der Waals surface area contributed by atoms with Crippen LogP contribution in [0.25, 0.3) is 22.6 Å². The molecule has 8 heteroatoms. The Morgan fingerprint density at radius 2 is 1.81 bits per heavy atom. The normalized spacial score (nSPS) is 11.5. The van der Waals surface area contributed by atoms with E-state index in [9.17, 15) is 4.79 Å². The van der Waals surface area contributed by atoms with E-state index < -0.39 is 0 Å². The van der Waals surface area contributed by atoms with Gasteiger partial charge in [-0.25, -0.2) is 9.97 Å². The van der Waals surface area contributed by atoms with Crippen LogP contribution in [0.1, 0.15) is 16.1 Å². The van der Waals surface area contributed by atoms with Gasteiger partial charge in [0.2, 0.25) is 0 Å². The number of imidazole rings is 1. The highest BCUT2D eigenvalue weighted by atomic mass is 35.5. The van der Waals surface area contributed by atoms with Gasteiger partial charge >= 0.3 is 0 Å². The summed E-state index contributed by atoms with van der Waals surface area (Å²) in [6.45, 7) is 0. The quantitative estimate of drug-likeness (QED) is 0.461. The molecule has 2 aromatic heterocycles. The topological polar surface area (TPSA) is 100 Å². The molecule has 154 valence electrons. The van der Waals surface area contributed by atoms with Gasteiger partial charge < -0.3 is 16.0 Å². The Bertz CT molecular complexity index is 1290. The van der Waals surface area contributed by atoms with Crippen LogP contribution in [0.5, 0.6) is 0 Å². The summed E-state index contributed by atoms with van der Waals surface area (Å²) in [5.41, 5.74) is 10.6. The van der Waals surface area contributed by atoms with E-state index in [0.717, 1.165) is 23.0 Å². The van der Waals surface area contributed by atoms with Crippen LogP contribution in [-0.4, -0.2) is 33.5 Å². The lowest BCUT2D eigenvalue weighted by Gasteiger charge is -2.17. The first-order chi connectivity index (χ1) is 15.0. The minimum atomic E-state index is -0.247. The number of nitrogens with zero attached hydrogens (tertiary/aromatic N) is 4. The zero-order valence-electron chi connectivity index (χ0n) is 16.7. The number of carbonyl (C=O) groups is 1. The maximum atomic E-state index is 13.0. The van der Waals surface area contributed by atoms with Gasteiger partial charge in [0.15, 0.2) is 5.65 Å². The summed E-state index contributed by atoms with van der Waals surface area (Å²) in [5.74, 6) is -0.247. The number of anilines is 1. The van der Waals surface area contributed by atoms with Gasteiger partial charge in [-0.1, -0.05) is 35.9 Å². The number of allylic oxidation sites excluding steroid dienone is 1. The summed E-state index contributed by atoms with van der Waals surface area (Å²) in [6, 6.07) is 14.6. The number of nitrogens with one attached hydrogen (secondary N) is 1. The van der Waals surface area contributed by atoms with Gasteiger partial charge in [0.1, 0.15) is 5.69 Å². The van der Waals surface area contributed by atoms with Crippen molar-refractivity contribution in [2.75, 3.05) is 11.9 Å². The lowest BCUT2D eigenvalue weighted by atomic mass is 10.1. The number of hydrogen-bond acceptors (Lipinski definition) is 5. The molecule has 0 aliphatic heterocycles. The van der Waals surface area contributed by atoms with Crippen LogP contribution in [0.2, 0.25) is 5.02 Å². The Morgan fingerprint density at radius 1 is 1.10 bits per heavy atom. The molecule has 4 aromatic rings. The summed E-state index contributed by atoms with van der Waals surface area (Å²) in [5, 5.41) is 7.75. The van der Waals surface area contributed by atoms with Gasteiger partial charge in [0.25, 0.3) is 5.91 Å². The smallest absolute Gasteiger partial charge is 0.278 e. The minimum Gasteiger partial charge on any atom is -0.398 e. The van der Waals surface area contributed by atoms with Crippen LogP contribution in [0.15, 0.2) is 73.2 Å². The summed E-state index contributed by atoms with van der Waals surface area (Å²) in [7, 11) is 1.69. The molecule has 2 aromatic carbocycles. The molecular formula is C23H19ClN6O. The molecule has 0 radical (unpaired) electrons. The third-order valence-electron chi connectivity index (χ3n) is 4.91. The SMILES string of the molecule is CN(C(=O)c1cn2c(-c3ccc(/C(N)=C/C=N)cc3)cnc2cn1)c1ccc(Cl)cc1. The van der Waals surface area contributed by atoms with Crippen molar-refractivity contribution in [3.63, 3.8) is 0 Å². The van der Waals surface area contributed by atoms with Crippen molar-refractivity contribution >= 4 is 40.8 Å². The van der Waals surface area contributed by atoms with Gasteiger partial charge in [-0.05, 0) is 35.9 Å². The number of halogens is 1. The first-order valence-electron chi connectivity index (χ1n) is 9.41. The maximum Gasteiger partial charge on any atom is 0.278 e. The number of aromatic nitrogens is 3. The van der Waals surface area contributed by atoms with E-state index in [-0.39, 0.29) is 5.91 Å². The Morgan fingerprint density at radius 3 is 2.48 bits per heavy atom. The van der Waals surface area contributed by atoms with E-state index in [0.29, 0.717) is 27.7 Å². The zero-order chi connectivity index (χ0) is 22.0. The van der Waals surface area contributed by atoms with Gasteiger partial charge in [-0.15, -0.1) is 0 Å². The molecule has 0 bridgehead atoms. The molecule has 0 fully saturated rings. The van der Waals surface area contributed by atoms with Crippen LogP contribution in [0.4, 0.5) is 5.69 Å². The predicted molar refractivity (Wildman–Crippen MR) is 124 cm³/mol. The molecule has 1 amide bonds. The zero-order valence-corrected chi connectivity index (χ0v) is 17.4. The van der Waals surface area contributed by atoms with Crippen molar-refractivity contribution in [1.82, 2.24) is 14.4 Å². The molecule has 3 N–H and O–H groups in total. The summed E-state index contributed by atoms with van der Waals surface area (Å²) < 4.78 is 1.84. The number of carbonyl (C=O) groups excluding carboxylic acids is 1. The monoisotopic (exact) mass is 430 g/mol. The number of benzene rings is 2. The van der Waals surface area contributed by atoms with Crippen LogP contribution < -0.4 is 10.6 Å². The molecule has 0 saturated carbocycles. The molecule has 0 atom stereocenters. The first kappa shape index (κ1) is 20.3. The average molecular weight is 431 g/mol. The lowest BCUT2D eigenvalue weighted by Crippen LogP contribution is -2.27. The van der Waals surface area contributed by atoms with Crippen molar-refractivity contribution in [3.8, 4) is 11.3 Å². The van der Waals surface area contributed by atoms with Crippen molar-refractivity contribution < 1.29 is 4.79 Å². The van der Waals surface area contributed by atoms with Crippen molar-refractivity contribution in [1.29, 1.82) is 5.41 Å². The van der Waals surface area contributed by atoms with Gasteiger partial charge in [0.05, 0.1) is 18.1 Å². The number of fused-ring (bicyclic) bond motifs is 1. The highest BCUT2D eigenvalue weighted by molar-refractivity contribution is 6.30. The van der Waals surface area contributed by atoms with Crippen LogP contribution in [-0.2, 0) is 0 Å². The van der Waals surface area contributed by atoms with Gasteiger partial charge in [-0.2, -0.15) is 0 Å². The highest BCUT2D eigenvalue weighted by Crippen LogP contribution is 2.23. The minimum absolute atomic E-state index is 0.247. The molecule has 0 aliphatic carbocycles. The van der Waals surface area contributed by atoms with Crippen LogP contribution in [0, 0.1) is 5.41 Å². The maximum absolute atomic E-state index is 13.0. The number of nitrogens with two attached hydrogens (primary N) is 1. The molecule has 0 saturated heterocycles. The largest absolute Gasteiger partial charge is 0.398 e. The summed E-state index contributed by atoms with van der Waals surface area (Å²) >= 11 is 5.94. The first-order valence-corrected chi connectivity index (χ1v) is 9.79. The van der Waals surface area contributed by atoms with Crippen molar-refractivity contribution in [2.45, 2.75) is 0 Å². The second-order valence-corrected chi connectivity index (χ2v) is 7.29. The van der Waals surface area contributed by atoms with E-state index in [1.165, 1.54) is 11.0 Å². The molecule has 0 aliphatic rings. The van der Waals surface area contributed by atoms with E-state index >= 15 is 0 Å². The molecule has 0 unspecified atom stereocenters. The fourth-order valence-electron chi connectivity index (χ4n) is 3.19. The third-order valence-corrected chi connectivity index (χ3v) is 5.16. The Hall–Kier alpha value is -3.97. The standard InChI is InChI=1S/C23H19ClN6O/c1-29(18-8-6-17(24)7-9-18)23(31)20-14-30-21(12-28-22(30)13-27-20)16-4-2-15(3-5-16)19(26)10-11-25/h2-14,25H,26H2,1H3/b19-10-,25-11?. The van der Waals surface area contributed by atoms with E-state index in [4.69, 9.17) is 22.7 Å². The van der Waals surface area contributed by atoms with E-state index in [1.54, 1.807) is 49.9 Å². The third kappa shape index (κ3) is 4.04. The van der Waals surface area contributed by atoms with E-state index in [1.807, 2.05) is 28.7 Å². The Kier molecular flexibility index (Phi) is 5.51. The second-order valence-electron chi connectivity index (χ2n) is 6.85.